The third-order valence-electron chi connectivity index (χ3n) is 6.44. The molecular weight excluding hydrogens is 407 g/mol. The van der Waals surface area contributed by atoms with Crippen molar-refractivity contribution in [2.75, 3.05) is 19.6 Å². The number of nitrogens with zero attached hydrogens (tertiary/aromatic N) is 1. The third-order valence-corrected chi connectivity index (χ3v) is 6.44. The summed E-state index contributed by atoms with van der Waals surface area (Å²) >= 11 is 0. The van der Waals surface area contributed by atoms with Crippen LogP contribution in [0.15, 0.2) is 48.5 Å². The van der Waals surface area contributed by atoms with Gasteiger partial charge in [-0.25, -0.2) is 4.39 Å². The van der Waals surface area contributed by atoms with E-state index < -0.39 is 0 Å². The Morgan fingerprint density at radius 1 is 1.16 bits per heavy atom. The van der Waals surface area contributed by atoms with Crippen molar-refractivity contribution in [2.45, 2.75) is 63.9 Å². The van der Waals surface area contributed by atoms with Gasteiger partial charge in [-0.1, -0.05) is 18.2 Å². The van der Waals surface area contributed by atoms with Gasteiger partial charge in [0.2, 0.25) is 0 Å². The minimum absolute atomic E-state index is 0.0422. The van der Waals surface area contributed by atoms with Crippen LogP contribution >= 0.6 is 0 Å². The van der Waals surface area contributed by atoms with Crippen molar-refractivity contribution in [2.24, 2.45) is 0 Å². The Hall–Kier alpha value is -2.44. The lowest BCUT2D eigenvalue weighted by atomic mass is 9.88. The zero-order chi connectivity index (χ0) is 22.6. The van der Waals surface area contributed by atoms with E-state index >= 15 is 0 Å². The van der Waals surface area contributed by atoms with Crippen LogP contribution in [0.2, 0.25) is 0 Å². The van der Waals surface area contributed by atoms with Gasteiger partial charge in [0.05, 0.1) is 17.8 Å². The topological polar surface area (TPSA) is 50.8 Å². The van der Waals surface area contributed by atoms with Crippen molar-refractivity contribution in [3.05, 3.63) is 65.5 Å². The Bertz CT molecular complexity index is 908. The maximum absolute atomic E-state index is 13.9. The Kier molecular flexibility index (Phi) is 7.11. The molecule has 0 bridgehead atoms. The molecule has 1 spiro atoms. The van der Waals surface area contributed by atoms with E-state index in [0.717, 1.165) is 50.1 Å². The maximum Gasteiger partial charge on any atom is 0.251 e. The predicted octanol–water partition coefficient (Wildman–Crippen LogP) is 4.56. The average Bonchev–Trinajstić information content (AvgIpc) is 3.18. The molecule has 1 atom stereocenters. The standard InChI is InChI=1S/C26H33FN2O3/c1-19(2)31-22-9-7-20(8-10-22)25(30)28-17-23-11-12-26(32-23)13-15-29(16-14-26)18-21-5-3-4-6-24(21)27/h3-10,19,23H,11-18H2,1-2H3,(H,28,30). The van der Waals surface area contributed by atoms with Gasteiger partial charge in [0.1, 0.15) is 11.6 Å². The Balaban J connectivity index is 1.22. The fraction of sp³-hybridized carbons (Fsp3) is 0.500. The third kappa shape index (κ3) is 5.67. The van der Waals surface area contributed by atoms with E-state index in [1.165, 1.54) is 6.07 Å². The molecule has 2 aliphatic rings. The fourth-order valence-corrected chi connectivity index (χ4v) is 4.66. The average molecular weight is 441 g/mol. The Morgan fingerprint density at radius 3 is 2.56 bits per heavy atom. The van der Waals surface area contributed by atoms with E-state index in [0.29, 0.717) is 18.7 Å². The van der Waals surface area contributed by atoms with Gasteiger partial charge >= 0.3 is 0 Å². The van der Waals surface area contributed by atoms with Crippen LogP contribution < -0.4 is 10.1 Å². The normalized spacial score (nSPS) is 20.6. The summed E-state index contributed by atoms with van der Waals surface area (Å²) in [6, 6.07) is 14.2. The number of carbonyl (C=O) groups excluding carboxylic acids is 1. The van der Waals surface area contributed by atoms with Gasteiger partial charge in [0, 0.05) is 37.3 Å². The highest BCUT2D eigenvalue weighted by molar-refractivity contribution is 5.94. The summed E-state index contributed by atoms with van der Waals surface area (Å²) in [5, 5.41) is 3.01. The first-order valence-electron chi connectivity index (χ1n) is 11.6. The van der Waals surface area contributed by atoms with Crippen molar-refractivity contribution in [1.29, 1.82) is 0 Å². The van der Waals surface area contributed by atoms with Crippen LogP contribution in [0.5, 0.6) is 5.75 Å². The van der Waals surface area contributed by atoms with Crippen LogP contribution in [0.3, 0.4) is 0 Å². The number of benzene rings is 2. The number of nitrogens with one attached hydrogen (secondary N) is 1. The molecule has 1 amide bonds. The number of hydrogen-bond donors (Lipinski definition) is 1. The van der Waals surface area contributed by atoms with E-state index in [2.05, 4.69) is 10.2 Å². The van der Waals surface area contributed by atoms with Gasteiger partial charge in [-0.2, -0.15) is 0 Å². The Labute approximate surface area is 189 Å². The van der Waals surface area contributed by atoms with Crippen LogP contribution in [-0.4, -0.2) is 48.3 Å². The molecule has 2 aliphatic heterocycles. The smallest absolute Gasteiger partial charge is 0.251 e. The predicted molar refractivity (Wildman–Crippen MR) is 122 cm³/mol. The summed E-state index contributed by atoms with van der Waals surface area (Å²) in [5.74, 6) is 0.534. The zero-order valence-corrected chi connectivity index (χ0v) is 19.0. The van der Waals surface area contributed by atoms with E-state index in [1.807, 2.05) is 38.1 Å². The summed E-state index contributed by atoms with van der Waals surface area (Å²) in [6.45, 7) is 6.91. The van der Waals surface area contributed by atoms with Crippen LogP contribution in [0.25, 0.3) is 0 Å². The fourth-order valence-electron chi connectivity index (χ4n) is 4.66. The van der Waals surface area contributed by atoms with Crippen LogP contribution in [0.4, 0.5) is 4.39 Å². The molecule has 0 radical (unpaired) electrons. The van der Waals surface area contributed by atoms with Gasteiger partial charge in [-0.3, -0.25) is 9.69 Å². The molecule has 2 aromatic rings. The van der Waals surface area contributed by atoms with Gasteiger partial charge in [-0.15, -0.1) is 0 Å². The lowest BCUT2D eigenvalue weighted by Crippen LogP contribution is -2.45. The summed E-state index contributed by atoms with van der Waals surface area (Å²) in [6.07, 6.45) is 4.01. The van der Waals surface area contributed by atoms with Crippen LogP contribution in [-0.2, 0) is 11.3 Å². The number of rotatable bonds is 7. The highest BCUT2D eigenvalue weighted by atomic mass is 19.1. The second kappa shape index (κ2) is 10.0. The van der Waals surface area contributed by atoms with Crippen molar-refractivity contribution in [1.82, 2.24) is 10.2 Å². The molecule has 32 heavy (non-hydrogen) atoms. The second-order valence-electron chi connectivity index (χ2n) is 9.23. The molecule has 2 aromatic carbocycles. The molecule has 2 heterocycles. The minimum atomic E-state index is -0.136. The SMILES string of the molecule is CC(C)Oc1ccc(C(=O)NCC2CCC3(CCN(Cc4ccccc4F)CC3)O2)cc1. The molecule has 1 unspecified atom stereocenters. The molecule has 0 aliphatic carbocycles. The van der Waals surface area contributed by atoms with Crippen molar-refractivity contribution in [3.63, 3.8) is 0 Å². The number of piperidine rings is 1. The second-order valence-corrected chi connectivity index (χ2v) is 9.23. The number of hydrogen-bond acceptors (Lipinski definition) is 4. The first-order chi connectivity index (χ1) is 15.4. The largest absolute Gasteiger partial charge is 0.491 e. The van der Waals surface area contributed by atoms with E-state index in [9.17, 15) is 9.18 Å². The Morgan fingerprint density at radius 2 is 1.88 bits per heavy atom. The summed E-state index contributed by atoms with van der Waals surface area (Å²) in [4.78, 5) is 14.8. The lowest BCUT2D eigenvalue weighted by molar-refractivity contribution is -0.0765. The molecule has 6 heteroatoms. The van der Waals surface area contributed by atoms with Crippen molar-refractivity contribution in [3.8, 4) is 5.75 Å². The maximum atomic E-state index is 13.9. The van der Waals surface area contributed by atoms with Gasteiger partial charge in [0.15, 0.2) is 0 Å². The first kappa shape index (κ1) is 22.7. The van der Waals surface area contributed by atoms with Crippen LogP contribution in [0, 0.1) is 5.82 Å². The number of carbonyl (C=O) groups is 1. The minimum Gasteiger partial charge on any atom is -0.491 e. The van der Waals surface area contributed by atoms with Gasteiger partial charge in [-0.05, 0) is 69.9 Å². The molecule has 172 valence electrons. The lowest BCUT2D eigenvalue weighted by Gasteiger charge is -2.39. The monoisotopic (exact) mass is 440 g/mol. The summed E-state index contributed by atoms with van der Waals surface area (Å²) < 4.78 is 26.0. The van der Waals surface area contributed by atoms with Gasteiger partial charge in [0.25, 0.3) is 5.91 Å². The highest BCUT2D eigenvalue weighted by Gasteiger charge is 2.42. The summed E-state index contributed by atoms with van der Waals surface area (Å²) in [5.41, 5.74) is 1.27. The molecule has 4 rings (SSSR count). The number of amides is 1. The van der Waals surface area contributed by atoms with E-state index in [1.54, 1.807) is 18.2 Å². The first-order valence-corrected chi connectivity index (χ1v) is 11.6. The molecule has 1 N–H and O–H groups in total. The summed E-state index contributed by atoms with van der Waals surface area (Å²) in [7, 11) is 0. The molecule has 0 aromatic heterocycles. The molecule has 2 saturated heterocycles. The van der Waals surface area contributed by atoms with Gasteiger partial charge < -0.3 is 14.8 Å². The highest BCUT2D eigenvalue weighted by Crippen LogP contribution is 2.39. The molecule has 5 nitrogen and oxygen atoms in total. The molecule has 0 saturated carbocycles. The van der Waals surface area contributed by atoms with Crippen molar-refractivity contribution < 1.29 is 18.7 Å². The van der Waals surface area contributed by atoms with Crippen molar-refractivity contribution >= 4 is 5.91 Å². The molecular formula is C26H33FN2O3. The number of halogens is 1. The van der Waals surface area contributed by atoms with E-state index in [-0.39, 0.29) is 29.5 Å². The van der Waals surface area contributed by atoms with Crippen LogP contribution in [0.1, 0.15) is 55.5 Å². The molecule has 2 fully saturated rings. The van der Waals surface area contributed by atoms with E-state index in [4.69, 9.17) is 9.47 Å². The quantitative estimate of drug-likeness (QED) is 0.686. The number of likely N-dealkylation sites (tertiary alicyclic amines) is 1. The number of ether oxygens (including phenoxy) is 2. The zero-order valence-electron chi connectivity index (χ0n) is 19.0.